The number of benzene rings is 2. The number of amides is 4. The van der Waals surface area contributed by atoms with Crippen LogP contribution in [0.4, 0.5) is 10.9 Å². The van der Waals surface area contributed by atoms with Gasteiger partial charge in [0.25, 0.3) is 11.8 Å². The van der Waals surface area contributed by atoms with Crippen LogP contribution < -0.4 is 26.0 Å². The number of likely N-dealkylation sites (tertiary alicyclic amines) is 1. The zero-order chi connectivity index (χ0) is 53.4. The molecule has 4 atom stereocenters. The molecule has 7 N–H and O–H groups in total. The van der Waals surface area contributed by atoms with Crippen LogP contribution >= 0.6 is 11.3 Å². The number of rotatable bonds is 19. The van der Waals surface area contributed by atoms with Gasteiger partial charge in [0.2, 0.25) is 21.8 Å². The molecule has 396 valence electrons. The van der Waals surface area contributed by atoms with Crippen molar-refractivity contribution < 1.29 is 42.5 Å². The fraction of sp³-hybridized carbons (Fsp3) is 0.500. The highest BCUT2D eigenvalue weighted by molar-refractivity contribution is 7.90. The van der Waals surface area contributed by atoms with E-state index in [2.05, 4.69) is 54.0 Å². The van der Waals surface area contributed by atoms with Gasteiger partial charge in [-0.3, -0.25) is 29.5 Å². The maximum Gasteiger partial charge on any atom is 0.284 e. The molecule has 1 unspecified atom stereocenters. The third-order valence-electron chi connectivity index (χ3n) is 14.4. The van der Waals surface area contributed by atoms with Gasteiger partial charge in [0.15, 0.2) is 5.13 Å². The number of pyridine rings is 1. The second kappa shape index (κ2) is 23.5. The van der Waals surface area contributed by atoms with E-state index in [9.17, 15) is 37.8 Å². The zero-order valence-corrected chi connectivity index (χ0v) is 44.5. The summed E-state index contributed by atoms with van der Waals surface area (Å²) in [5.41, 5.74) is 8.96. The fourth-order valence-electron chi connectivity index (χ4n) is 10.9. The Hall–Kier alpha value is -6.24. The van der Waals surface area contributed by atoms with E-state index >= 15 is 0 Å². The number of terminal acetylenes is 1. The first-order valence-corrected chi connectivity index (χ1v) is 27.6. The number of aliphatic hydroxyl groups excluding tert-OH is 2. The molecule has 18 nitrogen and oxygen atoms in total. The van der Waals surface area contributed by atoms with Gasteiger partial charge < -0.3 is 35.8 Å². The number of carbonyl (C=O) groups excluding carboxylic acids is 4. The number of hydrogen-bond acceptors (Lipinski definition) is 15. The van der Waals surface area contributed by atoms with Gasteiger partial charge in [0, 0.05) is 73.2 Å². The lowest BCUT2D eigenvalue weighted by atomic mass is 9.70. The van der Waals surface area contributed by atoms with E-state index in [0.29, 0.717) is 73.1 Å². The standard InChI is InChI=1S/C54H69N9O9S2/c1-7-53(5)28-37(52(3,4)33-54(6,34-53)72-26-25-64)19-22-56-35(2)41(29-55)39-17-18-45(59-48(39)50(69)61-74(70,71)27-11-16-46(66)57-30-47(67)63-24-21-38(65)31-63)62-23-20-36-12-10-13-40(42(36)32-62)49(68)60-51-58-43-14-8-9-15-44(43)73-51/h1,8-10,12-15,17-18,29,37-38,64-65H,11,16,19-28,30-34,55H2,2-6H3,(H,57,66)(H,61,69)(H,58,60,68)/b41-29+,56-35?/t37?,38-,53+,54-/m1/s1. The fourth-order valence-corrected chi connectivity index (χ4v) is 12.7. The summed E-state index contributed by atoms with van der Waals surface area (Å²) in [5.74, 6) is 0.716. The number of aromatic nitrogens is 2. The molecule has 0 spiro atoms. The Morgan fingerprint density at radius 3 is 2.53 bits per heavy atom. The van der Waals surface area contributed by atoms with E-state index in [4.69, 9.17) is 26.9 Å². The van der Waals surface area contributed by atoms with Gasteiger partial charge in [-0.15, -0.1) is 12.3 Å². The maximum absolute atomic E-state index is 14.4. The topological polar surface area (TPSA) is 259 Å². The molecule has 1 saturated carbocycles. The van der Waals surface area contributed by atoms with Crippen LogP contribution in [-0.2, 0) is 37.3 Å². The molecule has 2 aliphatic heterocycles. The van der Waals surface area contributed by atoms with E-state index in [-0.39, 0.29) is 80.1 Å². The van der Waals surface area contributed by atoms with Crippen LogP contribution in [-0.4, -0.2) is 126 Å². The Kier molecular flexibility index (Phi) is 17.7. The van der Waals surface area contributed by atoms with Crippen LogP contribution in [0.1, 0.15) is 117 Å². The van der Waals surface area contributed by atoms with Gasteiger partial charge in [0.05, 0.1) is 47.4 Å². The highest BCUT2D eigenvalue weighted by Gasteiger charge is 2.48. The Morgan fingerprint density at radius 1 is 1.03 bits per heavy atom. The van der Waals surface area contributed by atoms with Crippen molar-refractivity contribution in [3.05, 3.63) is 88.7 Å². The zero-order valence-electron chi connectivity index (χ0n) is 42.9. The number of aliphatic imine (C=N–C) groups is 1. The van der Waals surface area contributed by atoms with Gasteiger partial charge in [-0.05, 0) is 119 Å². The normalized spacial score (nSPS) is 22.1. The van der Waals surface area contributed by atoms with E-state index in [0.717, 1.165) is 34.2 Å². The van der Waals surface area contributed by atoms with Crippen molar-refractivity contribution in [3.63, 3.8) is 0 Å². The highest BCUT2D eigenvalue weighted by Crippen LogP contribution is 2.52. The molecule has 3 aliphatic rings. The van der Waals surface area contributed by atoms with E-state index in [1.807, 2.05) is 41.3 Å². The minimum absolute atomic E-state index is 0.0893. The molecule has 1 aliphatic carbocycles. The van der Waals surface area contributed by atoms with Crippen LogP contribution in [0.2, 0.25) is 0 Å². The molecule has 7 rings (SSSR count). The Morgan fingerprint density at radius 2 is 1.81 bits per heavy atom. The molecule has 4 amide bonds. The van der Waals surface area contributed by atoms with Crippen LogP contribution in [0, 0.1) is 29.1 Å². The number of nitrogens with two attached hydrogens (primary N) is 1. The SMILES string of the molecule is C#C[C@@]1(C)CC(CCN=C(C)/C(=C\N)c2ccc(N3CCc4cccc(C(=O)Nc5nc6ccccc6s5)c4C3)nc2C(=O)NS(=O)(=O)CCCC(=O)NCC(=O)N2CC[C@@H](O)C2)C(C)(C)C[C@@](C)(OCCO)C1. The van der Waals surface area contributed by atoms with Gasteiger partial charge in [-0.1, -0.05) is 49.4 Å². The third-order valence-corrected chi connectivity index (χ3v) is 16.7. The number of thiazole rings is 1. The average Bonchev–Trinajstić information content (AvgIpc) is 3.97. The molecule has 2 fully saturated rings. The number of ether oxygens (including phenoxy) is 1. The number of nitrogens with one attached hydrogen (secondary N) is 3. The third kappa shape index (κ3) is 13.7. The number of anilines is 2. The number of fused-ring (bicyclic) bond motifs is 2. The molecule has 4 heterocycles. The summed E-state index contributed by atoms with van der Waals surface area (Å²) in [6.45, 7) is 11.8. The number of β-amino-alcohol motifs (C(OH)–C–C–N with tert-alkyl or cyclic N) is 1. The smallest absolute Gasteiger partial charge is 0.284 e. The van der Waals surface area contributed by atoms with E-state index in [1.54, 1.807) is 25.1 Å². The number of allylic oxidation sites excluding steroid dienone is 1. The quantitative estimate of drug-likeness (QED) is 0.0389. The summed E-state index contributed by atoms with van der Waals surface area (Å²) in [4.78, 5) is 71.1. The van der Waals surface area contributed by atoms with Crippen LogP contribution in [0.15, 0.2) is 65.8 Å². The van der Waals surface area contributed by atoms with Crippen molar-refractivity contribution >= 4 is 77.4 Å². The Bertz CT molecular complexity index is 2930. The van der Waals surface area contributed by atoms with Crippen molar-refractivity contribution in [1.29, 1.82) is 0 Å². The first-order valence-electron chi connectivity index (χ1n) is 25.1. The van der Waals surface area contributed by atoms with Gasteiger partial charge >= 0.3 is 0 Å². The predicted molar refractivity (Wildman–Crippen MR) is 288 cm³/mol. The molecular weight excluding hydrogens is 983 g/mol. The largest absolute Gasteiger partial charge is 0.404 e. The van der Waals surface area contributed by atoms with Crippen molar-refractivity contribution in [1.82, 2.24) is 24.9 Å². The lowest BCUT2D eigenvalue weighted by molar-refractivity contribution is -0.132. The molecule has 2 aromatic carbocycles. The molecular formula is C54H69N9O9S2. The van der Waals surface area contributed by atoms with Crippen LogP contribution in [0.25, 0.3) is 15.8 Å². The molecule has 0 radical (unpaired) electrons. The Labute approximate surface area is 437 Å². The van der Waals surface area contributed by atoms with Gasteiger partial charge in [-0.25, -0.2) is 23.1 Å². The average molecular weight is 1050 g/mol. The minimum Gasteiger partial charge on any atom is -0.404 e. The van der Waals surface area contributed by atoms with Crippen molar-refractivity contribution in [3.8, 4) is 12.3 Å². The maximum atomic E-state index is 14.4. The van der Waals surface area contributed by atoms with Crippen molar-refractivity contribution in [2.75, 3.05) is 61.9 Å². The molecule has 1 saturated heterocycles. The minimum atomic E-state index is -4.34. The summed E-state index contributed by atoms with van der Waals surface area (Å²) in [5, 5.41) is 25.3. The van der Waals surface area contributed by atoms with Crippen LogP contribution in [0.3, 0.4) is 0 Å². The second-order valence-electron chi connectivity index (χ2n) is 20.8. The summed E-state index contributed by atoms with van der Waals surface area (Å²) >= 11 is 1.38. The van der Waals surface area contributed by atoms with Crippen molar-refractivity contribution in [2.24, 2.45) is 27.5 Å². The van der Waals surface area contributed by atoms with Gasteiger partial charge in [0.1, 0.15) is 11.5 Å². The summed E-state index contributed by atoms with van der Waals surface area (Å²) in [6, 6.07) is 16.6. The lowest BCUT2D eigenvalue weighted by Crippen LogP contribution is -2.39. The number of para-hydroxylation sites is 1. The molecule has 4 aromatic rings. The summed E-state index contributed by atoms with van der Waals surface area (Å²) in [7, 11) is -4.34. The van der Waals surface area contributed by atoms with E-state index in [1.165, 1.54) is 22.4 Å². The number of carbonyl (C=O) groups is 4. The van der Waals surface area contributed by atoms with Crippen molar-refractivity contribution in [2.45, 2.75) is 104 Å². The first kappa shape index (κ1) is 55.5. The monoisotopic (exact) mass is 1050 g/mol. The second-order valence-corrected chi connectivity index (χ2v) is 23.7. The summed E-state index contributed by atoms with van der Waals surface area (Å²) < 4.78 is 36.5. The molecule has 2 aromatic heterocycles. The van der Waals surface area contributed by atoms with Gasteiger partial charge in [-0.2, -0.15) is 0 Å². The number of hydrogen-bond donors (Lipinski definition) is 6. The highest BCUT2D eigenvalue weighted by atomic mass is 32.2. The summed E-state index contributed by atoms with van der Waals surface area (Å²) in [6.07, 6.45) is 10.3. The molecule has 0 bridgehead atoms. The molecule has 74 heavy (non-hydrogen) atoms. The molecule has 20 heteroatoms. The van der Waals surface area contributed by atoms with Crippen LogP contribution in [0.5, 0.6) is 0 Å². The first-order chi connectivity index (χ1) is 35.1. The number of aliphatic hydroxyl groups is 2. The lowest BCUT2D eigenvalue weighted by Gasteiger charge is -2.38. The number of nitrogens with zero attached hydrogens (tertiary/aromatic N) is 5. The van der Waals surface area contributed by atoms with E-state index < -0.39 is 44.7 Å². The number of sulfonamides is 1. The predicted octanol–water partition coefficient (Wildman–Crippen LogP) is 5.44. The Balaban J connectivity index is 1.11.